The van der Waals surface area contributed by atoms with Crippen molar-refractivity contribution in [1.29, 1.82) is 0 Å². The molecule has 2 fully saturated rings. The number of carbonyl (C=O) groups excluding carboxylic acids is 1. The van der Waals surface area contributed by atoms with Crippen LogP contribution in [-0.2, 0) is 4.79 Å². The zero-order chi connectivity index (χ0) is 10.9. The maximum Gasteiger partial charge on any atom is 0.250 e. The van der Waals surface area contributed by atoms with Gasteiger partial charge in [-0.25, -0.2) is 5.01 Å². The van der Waals surface area contributed by atoms with Crippen molar-refractivity contribution in [3.05, 3.63) is 5.21 Å². The molecule has 0 saturated carbocycles. The van der Waals surface area contributed by atoms with Crippen LogP contribution < -0.4 is 5.32 Å². The van der Waals surface area contributed by atoms with Gasteiger partial charge in [0.15, 0.2) is 0 Å². The zero-order valence-corrected chi connectivity index (χ0v) is 9.11. The smallest absolute Gasteiger partial charge is 0.250 e. The molecule has 0 bridgehead atoms. The van der Waals surface area contributed by atoms with Gasteiger partial charge in [0.1, 0.15) is 0 Å². The Morgan fingerprint density at radius 2 is 2.00 bits per heavy atom. The minimum Gasteiger partial charge on any atom is -0.633 e. The van der Waals surface area contributed by atoms with Crippen molar-refractivity contribution in [2.24, 2.45) is 0 Å². The number of amides is 1. The van der Waals surface area contributed by atoms with Crippen LogP contribution in [0.4, 0.5) is 0 Å². The summed E-state index contributed by atoms with van der Waals surface area (Å²) in [6, 6.07) is 0. The molecule has 0 aromatic heterocycles. The van der Waals surface area contributed by atoms with Crippen LogP contribution in [0, 0.1) is 5.21 Å². The summed E-state index contributed by atoms with van der Waals surface area (Å²) in [5.74, 6) is 0.114. The van der Waals surface area contributed by atoms with Crippen LogP contribution >= 0.6 is 0 Å². The molecule has 0 aliphatic carbocycles. The van der Waals surface area contributed by atoms with Crippen molar-refractivity contribution in [1.82, 2.24) is 15.3 Å². The molecular formula is C9H18N4O2. The van der Waals surface area contributed by atoms with Crippen LogP contribution in [0.25, 0.3) is 0 Å². The van der Waals surface area contributed by atoms with Gasteiger partial charge in [-0.15, -0.1) is 0 Å². The predicted molar refractivity (Wildman–Crippen MR) is 55.4 cm³/mol. The van der Waals surface area contributed by atoms with E-state index in [0.29, 0.717) is 32.7 Å². The minimum absolute atomic E-state index is 0.114. The Hall–Kier alpha value is -0.690. The first-order valence-electron chi connectivity index (χ1n) is 5.40. The standard InChI is InChI=1S/C9H18N4O2/c1-13(15)6-4-11(5-7-13)12-3-2-10-8-9(12)14/h10H,2-8H2,1H3. The van der Waals surface area contributed by atoms with E-state index in [4.69, 9.17) is 0 Å². The molecule has 0 aromatic carbocycles. The fourth-order valence-electron chi connectivity index (χ4n) is 2.01. The molecule has 86 valence electrons. The predicted octanol–water partition coefficient (Wildman–Crippen LogP) is -1.41. The Kier molecular flexibility index (Phi) is 2.92. The second kappa shape index (κ2) is 4.05. The fraction of sp³-hybridized carbons (Fsp3) is 0.889. The number of nitrogens with zero attached hydrogens (tertiary/aromatic N) is 3. The molecule has 6 nitrogen and oxygen atoms in total. The van der Waals surface area contributed by atoms with Crippen molar-refractivity contribution in [3.8, 4) is 0 Å². The second-order valence-electron chi connectivity index (χ2n) is 4.39. The average Bonchev–Trinajstić information content (AvgIpc) is 2.19. The van der Waals surface area contributed by atoms with Gasteiger partial charge in [-0.05, 0) is 0 Å². The molecule has 0 radical (unpaired) electrons. The number of piperazine rings is 2. The maximum absolute atomic E-state index is 11.6. The van der Waals surface area contributed by atoms with Gasteiger partial charge < -0.3 is 15.2 Å². The summed E-state index contributed by atoms with van der Waals surface area (Å²) in [4.78, 5) is 11.6. The number of hydroxylamine groups is 3. The van der Waals surface area contributed by atoms with E-state index in [1.807, 2.05) is 5.01 Å². The van der Waals surface area contributed by atoms with Crippen molar-refractivity contribution in [2.75, 3.05) is 52.9 Å². The lowest BCUT2D eigenvalue weighted by atomic mass is 10.3. The Bertz CT molecular complexity index is 246. The summed E-state index contributed by atoms with van der Waals surface area (Å²) >= 11 is 0. The number of hydrogen-bond acceptors (Lipinski definition) is 4. The third-order valence-electron chi connectivity index (χ3n) is 3.07. The van der Waals surface area contributed by atoms with Crippen LogP contribution in [-0.4, -0.2) is 73.4 Å². The molecule has 15 heavy (non-hydrogen) atoms. The van der Waals surface area contributed by atoms with Crippen LogP contribution in [0.3, 0.4) is 0 Å². The first-order chi connectivity index (χ1) is 7.08. The van der Waals surface area contributed by atoms with Crippen molar-refractivity contribution in [3.63, 3.8) is 0 Å². The first-order valence-corrected chi connectivity index (χ1v) is 5.40. The number of likely N-dealkylation sites (N-methyl/N-ethyl adjacent to an activating group) is 1. The summed E-state index contributed by atoms with van der Waals surface area (Å²) in [6.07, 6.45) is 0. The van der Waals surface area contributed by atoms with Crippen LogP contribution in [0.5, 0.6) is 0 Å². The van der Waals surface area contributed by atoms with E-state index in [1.165, 1.54) is 0 Å². The maximum atomic E-state index is 11.6. The largest absolute Gasteiger partial charge is 0.633 e. The van der Waals surface area contributed by atoms with Crippen LogP contribution in [0.1, 0.15) is 0 Å². The number of hydrogen-bond donors (Lipinski definition) is 1. The van der Waals surface area contributed by atoms with E-state index in [0.717, 1.165) is 13.1 Å². The Balaban J connectivity index is 1.92. The zero-order valence-electron chi connectivity index (χ0n) is 9.11. The molecule has 0 aromatic rings. The van der Waals surface area contributed by atoms with Gasteiger partial charge in [-0.1, -0.05) is 0 Å². The monoisotopic (exact) mass is 214 g/mol. The van der Waals surface area contributed by atoms with E-state index < -0.39 is 0 Å². The molecular weight excluding hydrogens is 196 g/mol. The minimum atomic E-state index is -0.184. The van der Waals surface area contributed by atoms with Gasteiger partial charge in [-0.3, -0.25) is 9.80 Å². The Labute approximate surface area is 89.6 Å². The summed E-state index contributed by atoms with van der Waals surface area (Å²) in [5, 5.41) is 18.5. The van der Waals surface area contributed by atoms with Gasteiger partial charge in [-0.2, -0.15) is 0 Å². The second-order valence-corrected chi connectivity index (χ2v) is 4.39. The highest BCUT2D eigenvalue weighted by Crippen LogP contribution is 2.11. The normalized spacial score (nSPS) is 28.1. The number of carbonyl (C=O) groups is 1. The number of nitrogens with one attached hydrogen (secondary N) is 1. The van der Waals surface area contributed by atoms with Crippen LogP contribution in [0.2, 0.25) is 0 Å². The molecule has 2 heterocycles. The SMILES string of the molecule is C[N+]1([O-])CCN(N2CCNCC2=O)CC1. The lowest BCUT2D eigenvalue weighted by Crippen LogP contribution is -2.63. The molecule has 6 heteroatoms. The number of hydrazine groups is 1. The Morgan fingerprint density at radius 3 is 2.60 bits per heavy atom. The van der Waals surface area contributed by atoms with Gasteiger partial charge in [0.05, 0.1) is 46.3 Å². The summed E-state index contributed by atoms with van der Waals surface area (Å²) < 4.78 is -0.184. The molecule has 0 atom stereocenters. The lowest BCUT2D eigenvalue weighted by molar-refractivity contribution is -0.866. The topological polar surface area (TPSA) is 58.6 Å². The van der Waals surface area contributed by atoms with Crippen molar-refractivity contribution < 1.29 is 9.44 Å². The summed E-state index contributed by atoms with van der Waals surface area (Å²) in [7, 11) is 1.69. The third kappa shape index (κ3) is 2.46. The molecule has 1 amide bonds. The quantitative estimate of drug-likeness (QED) is 0.430. The Morgan fingerprint density at radius 1 is 1.33 bits per heavy atom. The van der Waals surface area contributed by atoms with E-state index in [1.54, 1.807) is 12.1 Å². The van der Waals surface area contributed by atoms with Gasteiger partial charge in [0.2, 0.25) is 0 Å². The lowest BCUT2D eigenvalue weighted by Gasteiger charge is -2.48. The molecule has 1 N–H and O–H groups in total. The molecule has 2 aliphatic heterocycles. The molecule has 0 unspecified atom stereocenters. The summed E-state index contributed by atoms with van der Waals surface area (Å²) in [5.41, 5.74) is 0. The first kappa shape index (κ1) is 10.8. The highest BCUT2D eigenvalue weighted by Gasteiger charge is 2.29. The van der Waals surface area contributed by atoms with Gasteiger partial charge in [0.25, 0.3) is 5.91 Å². The van der Waals surface area contributed by atoms with Crippen molar-refractivity contribution >= 4 is 5.91 Å². The van der Waals surface area contributed by atoms with Gasteiger partial charge >= 0.3 is 0 Å². The van der Waals surface area contributed by atoms with Gasteiger partial charge in [0, 0.05) is 6.54 Å². The molecule has 2 saturated heterocycles. The number of rotatable bonds is 1. The highest BCUT2D eigenvalue weighted by molar-refractivity contribution is 5.78. The third-order valence-corrected chi connectivity index (χ3v) is 3.07. The van der Waals surface area contributed by atoms with E-state index in [-0.39, 0.29) is 10.6 Å². The average molecular weight is 214 g/mol. The van der Waals surface area contributed by atoms with Crippen LogP contribution in [0.15, 0.2) is 0 Å². The fourth-order valence-corrected chi connectivity index (χ4v) is 2.01. The molecule has 0 spiro atoms. The molecule has 2 rings (SSSR count). The van der Waals surface area contributed by atoms with E-state index in [9.17, 15) is 10.0 Å². The summed E-state index contributed by atoms with van der Waals surface area (Å²) in [6.45, 7) is 4.49. The van der Waals surface area contributed by atoms with E-state index >= 15 is 0 Å². The molecule has 2 aliphatic rings. The van der Waals surface area contributed by atoms with E-state index in [2.05, 4.69) is 5.32 Å². The highest BCUT2D eigenvalue weighted by atomic mass is 16.5. The van der Waals surface area contributed by atoms with Crippen molar-refractivity contribution in [2.45, 2.75) is 0 Å². The number of quaternary nitrogens is 1.